The van der Waals surface area contributed by atoms with E-state index in [4.69, 9.17) is 9.52 Å². The number of likely N-dealkylation sites (tertiary alicyclic amines) is 1. The fourth-order valence-electron chi connectivity index (χ4n) is 4.19. The summed E-state index contributed by atoms with van der Waals surface area (Å²) in [7, 11) is 0. The molecular formula is C20H28N4O2. The van der Waals surface area contributed by atoms with Gasteiger partial charge in [-0.3, -0.25) is 14.4 Å². The van der Waals surface area contributed by atoms with Gasteiger partial charge in [0.15, 0.2) is 0 Å². The van der Waals surface area contributed by atoms with Crippen LogP contribution in [0, 0.1) is 6.92 Å². The zero-order chi connectivity index (χ0) is 18.1. The number of amides is 1. The highest BCUT2D eigenvalue weighted by molar-refractivity contribution is 5.93. The summed E-state index contributed by atoms with van der Waals surface area (Å²) in [6, 6.07) is 6.13. The predicted molar refractivity (Wildman–Crippen MR) is 99.1 cm³/mol. The van der Waals surface area contributed by atoms with Gasteiger partial charge in [0.25, 0.3) is 5.91 Å². The lowest BCUT2D eigenvalue weighted by Crippen LogP contribution is -2.34. The van der Waals surface area contributed by atoms with Gasteiger partial charge in [-0.15, -0.1) is 0 Å². The van der Waals surface area contributed by atoms with Gasteiger partial charge in [0.2, 0.25) is 0 Å². The Hall–Kier alpha value is -2.08. The van der Waals surface area contributed by atoms with Crippen LogP contribution in [0.5, 0.6) is 0 Å². The Kier molecular flexibility index (Phi) is 4.85. The number of aryl methyl sites for hydroxylation is 2. The highest BCUT2D eigenvalue weighted by atomic mass is 16.3. The number of nitrogens with zero attached hydrogens (tertiary/aromatic N) is 4. The van der Waals surface area contributed by atoms with Crippen LogP contribution in [-0.2, 0) is 13.1 Å². The quantitative estimate of drug-likeness (QED) is 0.845. The van der Waals surface area contributed by atoms with E-state index < -0.39 is 0 Å². The second-order valence-electron chi connectivity index (χ2n) is 7.50. The lowest BCUT2D eigenvalue weighted by molar-refractivity contribution is 0.0766. The Morgan fingerprint density at radius 3 is 2.88 bits per heavy atom. The van der Waals surface area contributed by atoms with E-state index in [9.17, 15) is 4.79 Å². The second kappa shape index (κ2) is 7.27. The molecule has 2 aliphatic heterocycles. The van der Waals surface area contributed by atoms with E-state index in [1.54, 1.807) is 0 Å². The summed E-state index contributed by atoms with van der Waals surface area (Å²) >= 11 is 0. The van der Waals surface area contributed by atoms with Gasteiger partial charge in [-0.2, -0.15) is 5.10 Å². The SMILES string of the molecule is CCN1CCCn2nc(C3CCCN(Cc4ccc(C)o4)C3)cc2C1=O. The average Bonchev–Trinajstić information content (AvgIpc) is 3.21. The van der Waals surface area contributed by atoms with E-state index in [-0.39, 0.29) is 5.91 Å². The molecule has 0 radical (unpaired) electrons. The van der Waals surface area contributed by atoms with Crippen LogP contribution in [0.3, 0.4) is 0 Å². The fourth-order valence-corrected chi connectivity index (χ4v) is 4.19. The van der Waals surface area contributed by atoms with Gasteiger partial charge in [-0.1, -0.05) is 0 Å². The number of carbonyl (C=O) groups is 1. The van der Waals surface area contributed by atoms with Gasteiger partial charge >= 0.3 is 0 Å². The molecule has 2 aromatic heterocycles. The highest BCUT2D eigenvalue weighted by Crippen LogP contribution is 2.28. The first-order valence-corrected chi connectivity index (χ1v) is 9.78. The van der Waals surface area contributed by atoms with Crippen molar-refractivity contribution in [1.82, 2.24) is 19.6 Å². The van der Waals surface area contributed by atoms with Crippen molar-refractivity contribution in [2.75, 3.05) is 26.2 Å². The molecule has 6 nitrogen and oxygen atoms in total. The fraction of sp³-hybridized carbons (Fsp3) is 0.600. The van der Waals surface area contributed by atoms with Crippen LogP contribution in [-0.4, -0.2) is 51.7 Å². The Bertz CT molecular complexity index is 779. The van der Waals surface area contributed by atoms with Crippen molar-refractivity contribution in [1.29, 1.82) is 0 Å². The third kappa shape index (κ3) is 3.43. The number of carbonyl (C=O) groups excluding carboxylic acids is 1. The molecule has 26 heavy (non-hydrogen) atoms. The summed E-state index contributed by atoms with van der Waals surface area (Å²) in [4.78, 5) is 17.1. The molecule has 1 unspecified atom stereocenters. The van der Waals surface area contributed by atoms with Crippen LogP contribution >= 0.6 is 0 Å². The summed E-state index contributed by atoms with van der Waals surface area (Å²) in [5, 5.41) is 4.82. The van der Waals surface area contributed by atoms with Crippen LogP contribution < -0.4 is 0 Å². The van der Waals surface area contributed by atoms with Crippen molar-refractivity contribution in [3.8, 4) is 0 Å². The van der Waals surface area contributed by atoms with E-state index in [1.807, 2.05) is 35.6 Å². The summed E-state index contributed by atoms with van der Waals surface area (Å²) in [6.45, 7) is 9.36. The lowest BCUT2D eigenvalue weighted by atomic mass is 9.94. The van der Waals surface area contributed by atoms with Gasteiger partial charge < -0.3 is 9.32 Å². The minimum Gasteiger partial charge on any atom is -0.465 e. The van der Waals surface area contributed by atoms with Gasteiger partial charge in [-0.25, -0.2) is 0 Å². The molecule has 0 saturated carbocycles. The maximum absolute atomic E-state index is 12.7. The summed E-state index contributed by atoms with van der Waals surface area (Å²) in [5.41, 5.74) is 1.84. The number of hydrogen-bond acceptors (Lipinski definition) is 4. The number of rotatable bonds is 4. The summed E-state index contributed by atoms with van der Waals surface area (Å²) < 4.78 is 7.67. The smallest absolute Gasteiger partial charge is 0.272 e. The first kappa shape index (κ1) is 17.3. The molecule has 4 rings (SSSR count). The second-order valence-corrected chi connectivity index (χ2v) is 7.50. The normalized spacial score (nSPS) is 21.7. The van der Waals surface area contributed by atoms with Crippen molar-refractivity contribution >= 4 is 5.91 Å². The summed E-state index contributed by atoms with van der Waals surface area (Å²) in [6.07, 6.45) is 3.26. The van der Waals surface area contributed by atoms with Crippen molar-refractivity contribution in [3.05, 3.63) is 41.1 Å². The zero-order valence-corrected chi connectivity index (χ0v) is 15.8. The molecule has 1 saturated heterocycles. The van der Waals surface area contributed by atoms with Crippen molar-refractivity contribution in [3.63, 3.8) is 0 Å². The first-order valence-electron chi connectivity index (χ1n) is 9.78. The number of piperidine rings is 1. The number of aromatic nitrogens is 2. The highest BCUT2D eigenvalue weighted by Gasteiger charge is 2.28. The largest absolute Gasteiger partial charge is 0.465 e. The number of furan rings is 1. The van der Waals surface area contributed by atoms with Crippen molar-refractivity contribution in [2.45, 2.75) is 52.1 Å². The van der Waals surface area contributed by atoms with Crippen LogP contribution in [0.15, 0.2) is 22.6 Å². The molecular weight excluding hydrogens is 328 g/mol. The molecule has 1 atom stereocenters. The van der Waals surface area contributed by atoms with Crippen LogP contribution in [0.25, 0.3) is 0 Å². The molecule has 1 fully saturated rings. The Morgan fingerprint density at radius 1 is 1.23 bits per heavy atom. The zero-order valence-electron chi connectivity index (χ0n) is 15.8. The van der Waals surface area contributed by atoms with Gasteiger partial charge in [0.05, 0.1) is 12.2 Å². The van der Waals surface area contributed by atoms with Gasteiger partial charge in [0, 0.05) is 32.1 Å². The molecule has 2 aromatic rings. The molecule has 0 N–H and O–H groups in total. The molecule has 0 aromatic carbocycles. The first-order chi connectivity index (χ1) is 12.6. The van der Waals surface area contributed by atoms with E-state index in [2.05, 4.69) is 11.0 Å². The molecule has 4 heterocycles. The number of fused-ring (bicyclic) bond motifs is 1. The Balaban J connectivity index is 1.49. The van der Waals surface area contributed by atoms with Gasteiger partial charge in [-0.05, 0) is 57.9 Å². The summed E-state index contributed by atoms with van der Waals surface area (Å²) in [5.74, 6) is 2.51. The Morgan fingerprint density at radius 2 is 2.12 bits per heavy atom. The van der Waals surface area contributed by atoms with E-state index in [0.717, 1.165) is 81.4 Å². The topological polar surface area (TPSA) is 54.5 Å². The number of hydrogen-bond donors (Lipinski definition) is 0. The van der Waals surface area contributed by atoms with E-state index >= 15 is 0 Å². The van der Waals surface area contributed by atoms with Crippen molar-refractivity contribution in [2.24, 2.45) is 0 Å². The van der Waals surface area contributed by atoms with Gasteiger partial charge in [0.1, 0.15) is 17.2 Å². The maximum atomic E-state index is 12.7. The van der Waals surface area contributed by atoms with E-state index in [0.29, 0.717) is 5.92 Å². The maximum Gasteiger partial charge on any atom is 0.272 e. The molecule has 2 aliphatic rings. The molecule has 140 valence electrons. The predicted octanol–water partition coefficient (Wildman–Crippen LogP) is 3.03. The molecule has 1 amide bonds. The third-order valence-corrected chi connectivity index (χ3v) is 5.58. The minimum atomic E-state index is 0.127. The molecule has 0 aliphatic carbocycles. The van der Waals surface area contributed by atoms with Crippen LogP contribution in [0.2, 0.25) is 0 Å². The third-order valence-electron chi connectivity index (χ3n) is 5.58. The molecule has 0 spiro atoms. The van der Waals surface area contributed by atoms with Crippen molar-refractivity contribution < 1.29 is 9.21 Å². The Labute approximate surface area is 154 Å². The average molecular weight is 356 g/mol. The van der Waals surface area contributed by atoms with Crippen LogP contribution in [0.4, 0.5) is 0 Å². The van der Waals surface area contributed by atoms with E-state index in [1.165, 1.54) is 0 Å². The lowest BCUT2D eigenvalue weighted by Gasteiger charge is -2.31. The molecule has 0 bridgehead atoms. The molecule has 6 heteroatoms. The monoisotopic (exact) mass is 356 g/mol. The minimum absolute atomic E-state index is 0.127. The van der Waals surface area contributed by atoms with Crippen LogP contribution in [0.1, 0.15) is 59.8 Å². The standard InChI is InChI=1S/C20H28N4O2/c1-3-23-10-5-11-24-19(20(23)25)12-18(21-24)16-6-4-9-22(13-16)14-17-8-7-15(2)26-17/h7-8,12,16H,3-6,9-11,13-14H2,1-2H3.